The molecule has 0 radical (unpaired) electrons. The van der Waals surface area contributed by atoms with Crippen LogP contribution in [0, 0.1) is 0 Å². The van der Waals surface area contributed by atoms with Gasteiger partial charge in [0.05, 0.1) is 0 Å². The van der Waals surface area contributed by atoms with Gasteiger partial charge >= 0.3 is 6.09 Å². The monoisotopic (exact) mass is 408 g/mol. The van der Waals surface area contributed by atoms with E-state index in [9.17, 15) is 4.79 Å². The summed E-state index contributed by atoms with van der Waals surface area (Å²) >= 11 is 6.03. The van der Waals surface area contributed by atoms with Crippen molar-refractivity contribution in [3.63, 3.8) is 0 Å². The fraction of sp³-hybridized carbons (Fsp3) is 0.208. The van der Waals surface area contributed by atoms with Gasteiger partial charge in [-0.15, -0.1) is 0 Å². The van der Waals surface area contributed by atoms with Gasteiger partial charge in [-0.05, 0) is 60.4 Å². The fourth-order valence-electron chi connectivity index (χ4n) is 3.08. The Bertz CT molecular complexity index is 1040. The summed E-state index contributed by atoms with van der Waals surface area (Å²) in [5.74, 6) is 0.394. The SMILES string of the molecule is C=C(NCc1cccc2c(-c3ccc(Cl)cc3)cccc12)NC(=O)OC(C)(C)C. The van der Waals surface area contributed by atoms with Crippen LogP contribution < -0.4 is 10.6 Å². The molecule has 3 rings (SSSR count). The zero-order valence-corrected chi connectivity index (χ0v) is 17.6. The van der Waals surface area contributed by atoms with Crippen molar-refractivity contribution in [3.8, 4) is 11.1 Å². The lowest BCUT2D eigenvalue weighted by atomic mass is 9.95. The number of alkyl carbamates (subject to hydrolysis) is 1. The van der Waals surface area contributed by atoms with Crippen LogP contribution in [-0.2, 0) is 11.3 Å². The van der Waals surface area contributed by atoms with Crippen LogP contribution in [0.4, 0.5) is 4.79 Å². The summed E-state index contributed by atoms with van der Waals surface area (Å²) in [6, 6.07) is 20.3. The standard InChI is InChI=1S/C24H25ClN2O2/c1-16(27-23(28)29-24(2,3)4)26-15-18-7-5-10-22-20(8-6-9-21(18)22)17-11-13-19(25)14-12-17/h5-14,26H,1,15H2,2-4H3,(H,27,28). The van der Waals surface area contributed by atoms with Crippen LogP contribution in [0.3, 0.4) is 0 Å². The van der Waals surface area contributed by atoms with E-state index in [-0.39, 0.29) is 0 Å². The number of ether oxygens (including phenoxy) is 1. The van der Waals surface area contributed by atoms with Gasteiger partial charge in [-0.3, -0.25) is 5.32 Å². The van der Waals surface area contributed by atoms with Crippen LogP contribution in [0.2, 0.25) is 5.02 Å². The molecule has 2 N–H and O–H groups in total. The van der Waals surface area contributed by atoms with Crippen LogP contribution in [0.5, 0.6) is 0 Å². The molecule has 0 fully saturated rings. The van der Waals surface area contributed by atoms with Crippen molar-refractivity contribution in [3.05, 3.63) is 83.6 Å². The second-order valence-corrected chi connectivity index (χ2v) is 8.22. The third-order valence-electron chi connectivity index (χ3n) is 4.31. The number of fused-ring (bicyclic) bond motifs is 1. The van der Waals surface area contributed by atoms with Gasteiger partial charge in [0, 0.05) is 11.6 Å². The van der Waals surface area contributed by atoms with Gasteiger partial charge in [-0.25, -0.2) is 4.79 Å². The van der Waals surface area contributed by atoms with Gasteiger partial charge in [-0.1, -0.05) is 66.7 Å². The second-order valence-electron chi connectivity index (χ2n) is 7.78. The van der Waals surface area contributed by atoms with Gasteiger partial charge in [0.15, 0.2) is 0 Å². The molecule has 0 aliphatic heterocycles. The minimum Gasteiger partial charge on any atom is -0.444 e. The summed E-state index contributed by atoms with van der Waals surface area (Å²) in [7, 11) is 0. The van der Waals surface area contributed by atoms with E-state index in [0.717, 1.165) is 32.5 Å². The van der Waals surface area contributed by atoms with E-state index in [1.165, 1.54) is 0 Å². The highest BCUT2D eigenvalue weighted by Gasteiger charge is 2.16. The molecule has 0 saturated heterocycles. The molecule has 0 heterocycles. The number of benzene rings is 3. The van der Waals surface area contributed by atoms with E-state index in [2.05, 4.69) is 41.5 Å². The molecule has 0 aliphatic rings. The lowest BCUT2D eigenvalue weighted by Gasteiger charge is -2.20. The quantitative estimate of drug-likeness (QED) is 0.524. The Balaban J connectivity index is 1.77. The molecule has 0 saturated carbocycles. The molecule has 3 aromatic rings. The third kappa shape index (κ3) is 5.52. The minimum absolute atomic E-state index is 0.394. The first-order chi connectivity index (χ1) is 13.7. The smallest absolute Gasteiger partial charge is 0.413 e. The van der Waals surface area contributed by atoms with Crippen molar-refractivity contribution in [1.29, 1.82) is 0 Å². The average molecular weight is 409 g/mol. The van der Waals surface area contributed by atoms with Crippen LogP contribution in [-0.4, -0.2) is 11.7 Å². The molecular weight excluding hydrogens is 384 g/mol. The highest BCUT2D eigenvalue weighted by Crippen LogP contribution is 2.31. The van der Waals surface area contributed by atoms with Gasteiger partial charge in [0.2, 0.25) is 0 Å². The topological polar surface area (TPSA) is 50.4 Å². The van der Waals surface area contributed by atoms with E-state index >= 15 is 0 Å². The van der Waals surface area contributed by atoms with Crippen molar-refractivity contribution in [2.45, 2.75) is 32.9 Å². The lowest BCUT2D eigenvalue weighted by Crippen LogP contribution is -2.35. The van der Waals surface area contributed by atoms with Crippen LogP contribution in [0.1, 0.15) is 26.3 Å². The summed E-state index contributed by atoms with van der Waals surface area (Å²) in [6.07, 6.45) is -0.530. The molecular formula is C24H25ClN2O2. The number of halogens is 1. The second kappa shape index (κ2) is 8.58. The minimum atomic E-state index is -0.557. The normalized spacial score (nSPS) is 11.2. The Kier molecular flexibility index (Phi) is 6.14. The number of hydrogen-bond donors (Lipinski definition) is 2. The van der Waals surface area contributed by atoms with Gasteiger partial charge < -0.3 is 10.1 Å². The van der Waals surface area contributed by atoms with Gasteiger partial charge in [0.25, 0.3) is 0 Å². The molecule has 150 valence electrons. The maximum absolute atomic E-state index is 11.9. The fourth-order valence-corrected chi connectivity index (χ4v) is 3.21. The van der Waals surface area contributed by atoms with E-state index in [1.54, 1.807) is 0 Å². The number of rotatable bonds is 5. The zero-order chi connectivity index (χ0) is 21.0. The molecule has 1 amide bonds. The van der Waals surface area contributed by atoms with Crippen LogP contribution in [0.15, 0.2) is 73.1 Å². The van der Waals surface area contributed by atoms with Crippen molar-refractivity contribution in [2.75, 3.05) is 0 Å². The number of amides is 1. The summed E-state index contributed by atoms with van der Waals surface area (Å²) in [5.41, 5.74) is 2.80. The van der Waals surface area contributed by atoms with Crippen molar-refractivity contribution in [2.24, 2.45) is 0 Å². The number of hydrogen-bond acceptors (Lipinski definition) is 3. The molecule has 4 nitrogen and oxygen atoms in total. The average Bonchev–Trinajstić information content (AvgIpc) is 2.65. The zero-order valence-electron chi connectivity index (χ0n) is 16.9. The van der Waals surface area contributed by atoms with Gasteiger partial charge in [-0.2, -0.15) is 0 Å². The van der Waals surface area contributed by atoms with E-state index in [0.29, 0.717) is 12.4 Å². The Morgan fingerprint density at radius 1 is 1.00 bits per heavy atom. The predicted molar refractivity (Wildman–Crippen MR) is 120 cm³/mol. The summed E-state index contributed by atoms with van der Waals surface area (Å²) in [5, 5.41) is 8.78. The molecule has 0 spiro atoms. The maximum atomic E-state index is 11.9. The largest absolute Gasteiger partial charge is 0.444 e. The van der Waals surface area contributed by atoms with E-state index in [1.807, 2.05) is 57.2 Å². The summed E-state index contributed by atoms with van der Waals surface area (Å²) in [6.45, 7) is 9.83. The van der Waals surface area contributed by atoms with Crippen LogP contribution in [0.25, 0.3) is 21.9 Å². The summed E-state index contributed by atoms with van der Waals surface area (Å²) < 4.78 is 5.24. The van der Waals surface area contributed by atoms with Gasteiger partial charge in [0.1, 0.15) is 11.4 Å². The molecule has 0 bridgehead atoms. The Morgan fingerprint density at radius 2 is 1.66 bits per heavy atom. The summed E-state index contributed by atoms with van der Waals surface area (Å²) in [4.78, 5) is 11.9. The molecule has 0 aliphatic carbocycles. The molecule has 0 aromatic heterocycles. The molecule has 0 atom stereocenters. The maximum Gasteiger partial charge on any atom is 0.413 e. The van der Waals surface area contributed by atoms with Crippen molar-refractivity contribution >= 4 is 28.5 Å². The highest BCUT2D eigenvalue weighted by molar-refractivity contribution is 6.30. The third-order valence-corrected chi connectivity index (χ3v) is 4.56. The number of nitrogens with one attached hydrogen (secondary N) is 2. The molecule has 0 unspecified atom stereocenters. The Morgan fingerprint density at radius 3 is 2.34 bits per heavy atom. The van der Waals surface area contributed by atoms with Crippen LogP contribution >= 0.6 is 11.6 Å². The molecule has 5 heteroatoms. The Hall–Kier alpha value is -2.98. The number of carbonyl (C=O) groups is 1. The highest BCUT2D eigenvalue weighted by atomic mass is 35.5. The van der Waals surface area contributed by atoms with E-state index < -0.39 is 11.7 Å². The first-order valence-corrected chi connectivity index (χ1v) is 9.80. The first-order valence-electron chi connectivity index (χ1n) is 9.42. The first kappa shape index (κ1) is 20.7. The van der Waals surface area contributed by atoms with E-state index in [4.69, 9.17) is 16.3 Å². The van der Waals surface area contributed by atoms with Crippen molar-refractivity contribution in [1.82, 2.24) is 10.6 Å². The predicted octanol–water partition coefficient (Wildman–Crippen LogP) is 6.25. The number of carbonyl (C=O) groups excluding carboxylic acids is 1. The molecule has 29 heavy (non-hydrogen) atoms. The molecule has 3 aromatic carbocycles. The Labute approximate surface area is 176 Å². The lowest BCUT2D eigenvalue weighted by molar-refractivity contribution is 0.0542. The van der Waals surface area contributed by atoms with Crippen molar-refractivity contribution < 1.29 is 9.53 Å².